The van der Waals surface area contributed by atoms with Gasteiger partial charge in [0.1, 0.15) is 17.4 Å². The van der Waals surface area contributed by atoms with Gasteiger partial charge in [0.25, 0.3) is 17.5 Å². The van der Waals surface area contributed by atoms with Crippen LogP contribution in [0.1, 0.15) is 52.7 Å². The van der Waals surface area contributed by atoms with Crippen LogP contribution >= 0.6 is 15.9 Å². The van der Waals surface area contributed by atoms with Crippen LogP contribution in [0, 0.1) is 13.8 Å². The Morgan fingerprint density at radius 1 is 1.12 bits per heavy atom. The number of amides is 2. The van der Waals surface area contributed by atoms with Gasteiger partial charge in [0, 0.05) is 28.0 Å². The van der Waals surface area contributed by atoms with Crippen molar-refractivity contribution in [2.75, 3.05) is 11.4 Å². The number of halogens is 1. The first-order valence-corrected chi connectivity index (χ1v) is 13.7. The Bertz CT molecular complexity index is 1730. The van der Waals surface area contributed by atoms with Crippen LogP contribution in [0.3, 0.4) is 0 Å². The number of nitrogens with zero attached hydrogens (tertiary/aromatic N) is 6. The van der Waals surface area contributed by atoms with Crippen molar-refractivity contribution in [3.05, 3.63) is 87.8 Å². The SMILES string of the molecule is Cc1ccc(-c2noc3nc(C)cc(C(=O)NC(C)c4cn(C5CCN(c6ccc(Br)cc6)C5=O)nn4)c23)cc1. The van der Waals surface area contributed by atoms with E-state index in [1.165, 1.54) is 0 Å². The van der Waals surface area contributed by atoms with Crippen molar-refractivity contribution in [3.8, 4) is 11.3 Å². The van der Waals surface area contributed by atoms with E-state index in [1.54, 1.807) is 28.8 Å². The third-order valence-corrected chi connectivity index (χ3v) is 7.63. The van der Waals surface area contributed by atoms with Gasteiger partial charge in [-0.2, -0.15) is 0 Å². The highest BCUT2D eigenvalue weighted by molar-refractivity contribution is 9.10. The molecule has 0 aliphatic carbocycles. The number of hydrogen-bond donors (Lipinski definition) is 1. The molecule has 0 spiro atoms. The van der Waals surface area contributed by atoms with E-state index in [2.05, 4.69) is 41.7 Å². The third-order valence-electron chi connectivity index (χ3n) is 7.10. The highest BCUT2D eigenvalue weighted by Gasteiger charge is 2.35. The van der Waals surface area contributed by atoms with Crippen LogP contribution in [-0.2, 0) is 4.79 Å². The fourth-order valence-corrected chi connectivity index (χ4v) is 5.20. The molecule has 1 fully saturated rings. The van der Waals surface area contributed by atoms with Crippen LogP contribution in [0.25, 0.3) is 22.4 Å². The summed E-state index contributed by atoms with van der Waals surface area (Å²) in [6.45, 7) is 6.23. The Kier molecular flexibility index (Phi) is 6.67. The normalized spacial score (nSPS) is 16.1. The summed E-state index contributed by atoms with van der Waals surface area (Å²) < 4.78 is 8.05. The Morgan fingerprint density at radius 2 is 1.88 bits per heavy atom. The van der Waals surface area contributed by atoms with Gasteiger partial charge < -0.3 is 14.7 Å². The molecule has 0 bridgehead atoms. The monoisotopic (exact) mass is 599 g/mol. The lowest BCUT2D eigenvalue weighted by molar-refractivity contribution is -0.120. The molecule has 0 radical (unpaired) electrons. The lowest BCUT2D eigenvalue weighted by Crippen LogP contribution is -2.28. The Morgan fingerprint density at radius 3 is 2.62 bits per heavy atom. The summed E-state index contributed by atoms with van der Waals surface area (Å²) in [7, 11) is 0. The van der Waals surface area contributed by atoms with Crippen molar-refractivity contribution < 1.29 is 14.1 Å². The van der Waals surface area contributed by atoms with Gasteiger partial charge in [-0.05, 0) is 57.5 Å². The molecule has 11 heteroatoms. The van der Waals surface area contributed by atoms with Gasteiger partial charge in [-0.1, -0.05) is 56.1 Å². The summed E-state index contributed by atoms with van der Waals surface area (Å²) in [5.41, 5.74) is 5.25. The summed E-state index contributed by atoms with van der Waals surface area (Å²) in [4.78, 5) is 32.9. The standard InChI is InChI=1S/C29H26BrN7O3/c1-16-4-6-19(7-5-16)26-25-22(14-17(2)31-28(25)40-34-26)27(38)32-18(3)23-15-37(35-33-23)24-12-13-36(29(24)39)21-10-8-20(30)9-11-21/h4-11,14-15,18,24H,12-13H2,1-3H3,(H,32,38). The van der Waals surface area contributed by atoms with Crippen LogP contribution < -0.4 is 10.2 Å². The number of fused-ring (bicyclic) bond motifs is 1. The second-order valence-corrected chi connectivity index (χ2v) is 10.9. The zero-order valence-corrected chi connectivity index (χ0v) is 23.7. The molecule has 2 unspecified atom stereocenters. The molecular formula is C29H26BrN7O3. The molecule has 10 nitrogen and oxygen atoms in total. The van der Waals surface area contributed by atoms with Gasteiger partial charge in [0.2, 0.25) is 0 Å². The minimum absolute atomic E-state index is 0.0405. The summed E-state index contributed by atoms with van der Waals surface area (Å²) >= 11 is 3.43. The van der Waals surface area contributed by atoms with E-state index >= 15 is 0 Å². The molecule has 0 saturated carbocycles. The average Bonchev–Trinajstić information content (AvgIpc) is 3.68. The van der Waals surface area contributed by atoms with E-state index in [9.17, 15) is 9.59 Å². The van der Waals surface area contributed by atoms with Crippen LogP contribution in [0.5, 0.6) is 0 Å². The van der Waals surface area contributed by atoms with Gasteiger partial charge in [-0.25, -0.2) is 9.67 Å². The highest BCUT2D eigenvalue weighted by atomic mass is 79.9. The zero-order chi connectivity index (χ0) is 28.0. The molecular weight excluding hydrogens is 574 g/mol. The van der Waals surface area contributed by atoms with E-state index in [0.717, 1.165) is 21.3 Å². The predicted octanol–water partition coefficient (Wildman–Crippen LogP) is 5.33. The van der Waals surface area contributed by atoms with E-state index < -0.39 is 12.1 Å². The maximum absolute atomic E-state index is 13.5. The fraction of sp³-hybridized carbons (Fsp3) is 0.241. The van der Waals surface area contributed by atoms with Crippen molar-refractivity contribution in [1.29, 1.82) is 0 Å². The molecule has 202 valence electrons. The fourth-order valence-electron chi connectivity index (χ4n) is 4.94. The predicted molar refractivity (Wildman–Crippen MR) is 153 cm³/mol. The number of anilines is 1. The van der Waals surface area contributed by atoms with E-state index in [1.807, 2.05) is 62.4 Å². The first kappa shape index (κ1) is 25.9. The van der Waals surface area contributed by atoms with Gasteiger partial charge in [-0.15, -0.1) is 5.10 Å². The summed E-state index contributed by atoms with van der Waals surface area (Å²) in [5, 5.41) is 16.3. The highest BCUT2D eigenvalue weighted by Crippen LogP contribution is 2.32. The maximum Gasteiger partial charge on any atom is 0.259 e. The van der Waals surface area contributed by atoms with Gasteiger partial charge in [0.15, 0.2) is 0 Å². The molecule has 4 heterocycles. The molecule has 6 rings (SSSR count). The molecule has 2 atom stereocenters. The summed E-state index contributed by atoms with van der Waals surface area (Å²) in [6, 6.07) is 16.3. The number of carbonyl (C=O) groups is 2. The lowest BCUT2D eigenvalue weighted by atomic mass is 10.0. The zero-order valence-electron chi connectivity index (χ0n) is 22.1. The number of carbonyl (C=O) groups excluding carboxylic acids is 2. The van der Waals surface area contributed by atoms with Crippen LogP contribution in [-0.4, -0.2) is 43.5 Å². The van der Waals surface area contributed by atoms with Crippen molar-refractivity contribution in [3.63, 3.8) is 0 Å². The molecule has 3 aromatic heterocycles. The van der Waals surface area contributed by atoms with Gasteiger partial charge in [-0.3, -0.25) is 9.59 Å². The van der Waals surface area contributed by atoms with Crippen molar-refractivity contribution in [1.82, 2.24) is 30.5 Å². The van der Waals surface area contributed by atoms with Crippen LogP contribution in [0.15, 0.2) is 69.8 Å². The minimum atomic E-state index is -0.466. The van der Waals surface area contributed by atoms with Crippen molar-refractivity contribution in [2.24, 2.45) is 0 Å². The number of rotatable bonds is 6. The van der Waals surface area contributed by atoms with Crippen molar-refractivity contribution in [2.45, 2.75) is 39.3 Å². The quantitative estimate of drug-likeness (QED) is 0.280. The minimum Gasteiger partial charge on any atom is -0.344 e. The smallest absolute Gasteiger partial charge is 0.259 e. The molecule has 1 N–H and O–H groups in total. The van der Waals surface area contributed by atoms with E-state index in [-0.39, 0.29) is 11.8 Å². The average molecular weight is 600 g/mol. The number of aryl methyl sites for hydroxylation is 2. The molecule has 2 amide bonds. The molecule has 1 saturated heterocycles. The van der Waals surface area contributed by atoms with E-state index in [0.29, 0.717) is 46.7 Å². The third kappa shape index (κ3) is 4.77. The molecule has 40 heavy (non-hydrogen) atoms. The molecule has 5 aromatic rings. The van der Waals surface area contributed by atoms with Crippen LogP contribution in [0.4, 0.5) is 5.69 Å². The summed E-state index contributed by atoms with van der Waals surface area (Å²) in [5.74, 6) is -0.353. The van der Waals surface area contributed by atoms with Gasteiger partial charge in [0.05, 0.1) is 23.2 Å². The van der Waals surface area contributed by atoms with Crippen molar-refractivity contribution >= 4 is 44.5 Å². The molecule has 2 aromatic carbocycles. The number of aromatic nitrogens is 5. The first-order chi connectivity index (χ1) is 19.3. The maximum atomic E-state index is 13.5. The Balaban J connectivity index is 1.22. The number of hydrogen-bond acceptors (Lipinski definition) is 7. The van der Waals surface area contributed by atoms with Crippen LogP contribution in [0.2, 0.25) is 0 Å². The number of nitrogens with one attached hydrogen (secondary N) is 1. The number of pyridine rings is 1. The second kappa shape index (κ2) is 10.3. The summed E-state index contributed by atoms with van der Waals surface area (Å²) in [6.07, 6.45) is 2.34. The van der Waals surface area contributed by atoms with Gasteiger partial charge >= 0.3 is 0 Å². The Labute approximate surface area is 238 Å². The Hall–Kier alpha value is -4.38. The topological polar surface area (TPSA) is 119 Å². The molecule has 1 aliphatic heterocycles. The lowest BCUT2D eigenvalue weighted by Gasteiger charge is -2.16. The number of benzene rings is 2. The largest absolute Gasteiger partial charge is 0.344 e. The first-order valence-electron chi connectivity index (χ1n) is 12.9. The van der Waals surface area contributed by atoms with E-state index in [4.69, 9.17) is 4.52 Å². The molecule has 1 aliphatic rings. The second-order valence-electron chi connectivity index (χ2n) is 9.98.